The summed E-state index contributed by atoms with van der Waals surface area (Å²) in [6, 6.07) is 0. The van der Waals surface area contributed by atoms with Crippen molar-refractivity contribution < 1.29 is 0 Å². The fourth-order valence-corrected chi connectivity index (χ4v) is 2.53. The van der Waals surface area contributed by atoms with E-state index in [1.807, 2.05) is 0 Å². The molecule has 0 spiro atoms. The van der Waals surface area contributed by atoms with Gasteiger partial charge >= 0.3 is 0 Å². The minimum absolute atomic E-state index is 0.867. The Balaban J connectivity index is 1.86. The molecule has 1 atom stereocenters. The Morgan fingerprint density at radius 3 is 2.71 bits per heavy atom. The van der Waals surface area contributed by atoms with Crippen LogP contribution in [0.3, 0.4) is 0 Å². The minimum atomic E-state index is 0.867. The van der Waals surface area contributed by atoms with E-state index < -0.39 is 0 Å². The van der Waals surface area contributed by atoms with Crippen molar-refractivity contribution in [1.29, 1.82) is 0 Å². The van der Waals surface area contributed by atoms with Crippen LogP contribution < -0.4 is 10.6 Å². The number of nitrogens with zero attached hydrogens (tertiary/aromatic N) is 1. The van der Waals surface area contributed by atoms with Gasteiger partial charge in [-0.3, -0.25) is 0 Å². The maximum atomic E-state index is 3.61. The highest BCUT2D eigenvalue weighted by Crippen LogP contribution is 2.08. The molecule has 1 aliphatic rings. The second-order valence-electron chi connectivity index (χ2n) is 5.15. The van der Waals surface area contributed by atoms with E-state index in [2.05, 4.69) is 29.4 Å². The van der Waals surface area contributed by atoms with Gasteiger partial charge in [0, 0.05) is 0 Å². The highest BCUT2D eigenvalue weighted by atomic mass is 15.1. The van der Waals surface area contributed by atoms with Crippen LogP contribution in [-0.4, -0.2) is 50.7 Å². The summed E-state index contributed by atoms with van der Waals surface area (Å²) in [7, 11) is 0. The highest BCUT2D eigenvalue weighted by Gasteiger charge is 2.11. The van der Waals surface area contributed by atoms with Gasteiger partial charge in [0.2, 0.25) is 0 Å². The third kappa shape index (κ3) is 7.02. The smallest absolute Gasteiger partial charge is 0.000837 e. The molecule has 0 radical (unpaired) electrons. The van der Waals surface area contributed by atoms with Gasteiger partial charge in [0.1, 0.15) is 0 Å². The molecule has 0 aromatic carbocycles. The molecular formula is C14H31N3. The van der Waals surface area contributed by atoms with Gasteiger partial charge in [-0.15, -0.1) is 0 Å². The fraction of sp³-hybridized carbons (Fsp3) is 1.00. The van der Waals surface area contributed by atoms with E-state index in [9.17, 15) is 0 Å². The van der Waals surface area contributed by atoms with Crippen LogP contribution >= 0.6 is 0 Å². The number of nitrogens with one attached hydrogen (secondary N) is 2. The summed E-state index contributed by atoms with van der Waals surface area (Å²) in [5.41, 5.74) is 0. The van der Waals surface area contributed by atoms with Crippen LogP contribution in [0.4, 0.5) is 0 Å². The quantitative estimate of drug-likeness (QED) is 0.602. The van der Waals surface area contributed by atoms with Gasteiger partial charge < -0.3 is 15.5 Å². The molecule has 0 aromatic rings. The van der Waals surface area contributed by atoms with Crippen LogP contribution in [0.15, 0.2) is 0 Å². The Bertz CT molecular complexity index is 163. The average molecular weight is 241 g/mol. The lowest BCUT2D eigenvalue weighted by Gasteiger charge is -2.23. The van der Waals surface area contributed by atoms with Crippen LogP contribution in [0.5, 0.6) is 0 Å². The molecule has 1 rings (SSSR count). The van der Waals surface area contributed by atoms with Crippen LogP contribution in [0.2, 0.25) is 0 Å². The lowest BCUT2D eigenvalue weighted by atomic mass is 10.00. The molecule has 0 aromatic heterocycles. The van der Waals surface area contributed by atoms with Gasteiger partial charge in [-0.05, 0) is 77.4 Å². The topological polar surface area (TPSA) is 27.3 Å². The summed E-state index contributed by atoms with van der Waals surface area (Å²) >= 11 is 0. The second kappa shape index (κ2) is 9.86. The molecule has 102 valence electrons. The summed E-state index contributed by atoms with van der Waals surface area (Å²) in [6.07, 6.45) is 5.40. The zero-order chi connectivity index (χ0) is 12.3. The lowest BCUT2D eigenvalue weighted by Crippen LogP contribution is -2.36. The maximum Gasteiger partial charge on any atom is -0.000837 e. The Kier molecular flexibility index (Phi) is 8.67. The summed E-state index contributed by atoms with van der Waals surface area (Å²) in [4.78, 5) is 2.51. The van der Waals surface area contributed by atoms with Crippen molar-refractivity contribution in [3.8, 4) is 0 Å². The molecular weight excluding hydrogens is 210 g/mol. The fourth-order valence-electron chi connectivity index (χ4n) is 2.53. The van der Waals surface area contributed by atoms with E-state index >= 15 is 0 Å². The third-order valence-electron chi connectivity index (χ3n) is 3.80. The maximum absolute atomic E-state index is 3.61. The molecule has 1 fully saturated rings. The van der Waals surface area contributed by atoms with Gasteiger partial charge in [-0.1, -0.05) is 13.8 Å². The van der Waals surface area contributed by atoms with Gasteiger partial charge in [0.25, 0.3) is 0 Å². The van der Waals surface area contributed by atoms with Gasteiger partial charge in [0.05, 0.1) is 0 Å². The van der Waals surface area contributed by atoms with E-state index in [-0.39, 0.29) is 0 Å². The normalized spacial score (nSPS) is 21.0. The monoisotopic (exact) mass is 241 g/mol. The van der Waals surface area contributed by atoms with E-state index in [1.165, 1.54) is 71.5 Å². The molecule has 1 unspecified atom stereocenters. The van der Waals surface area contributed by atoms with E-state index in [1.54, 1.807) is 0 Å². The largest absolute Gasteiger partial charge is 0.316 e. The Labute approximate surface area is 107 Å². The molecule has 0 saturated carbocycles. The molecule has 0 bridgehead atoms. The molecule has 1 heterocycles. The summed E-state index contributed by atoms with van der Waals surface area (Å²) in [5.74, 6) is 0.867. The number of hydrogen-bond donors (Lipinski definition) is 2. The van der Waals surface area contributed by atoms with Crippen LogP contribution in [0.25, 0.3) is 0 Å². The SMILES string of the molecule is CCN(CC)CCCCNCC1CCCNC1. The van der Waals surface area contributed by atoms with Crippen molar-refractivity contribution in [3.05, 3.63) is 0 Å². The number of hydrogen-bond acceptors (Lipinski definition) is 3. The van der Waals surface area contributed by atoms with E-state index in [0.717, 1.165) is 5.92 Å². The summed E-state index contributed by atoms with van der Waals surface area (Å²) in [6.45, 7) is 13.0. The molecule has 0 aliphatic carbocycles. The Morgan fingerprint density at radius 2 is 2.06 bits per heavy atom. The van der Waals surface area contributed by atoms with Crippen LogP contribution in [-0.2, 0) is 0 Å². The average Bonchev–Trinajstić information content (AvgIpc) is 2.39. The van der Waals surface area contributed by atoms with Crippen molar-refractivity contribution >= 4 is 0 Å². The number of rotatable bonds is 9. The molecule has 3 nitrogen and oxygen atoms in total. The first-order chi connectivity index (χ1) is 8.36. The summed E-state index contributed by atoms with van der Waals surface area (Å²) < 4.78 is 0. The molecule has 1 aliphatic heterocycles. The van der Waals surface area contributed by atoms with Crippen LogP contribution in [0.1, 0.15) is 39.5 Å². The third-order valence-corrected chi connectivity index (χ3v) is 3.80. The molecule has 2 N–H and O–H groups in total. The van der Waals surface area contributed by atoms with Crippen molar-refractivity contribution in [2.24, 2.45) is 5.92 Å². The first-order valence-corrected chi connectivity index (χ1v) is 7.50. The Morgan fingerprint density at radius 1 is 1.24 bits per heavy atom. The second-order valence-corrected chi connectivity index (χ2v) is 5.15. The summed E-state index contributed by atoms with van der Waals surface area (Å²) in [5, 5.41) is 7.08. The van der Waals surface area contributed by atoms with E-state index in [4.69, 9.17) is 0 Å². The molecule has 0 amide bonds. The number of unbranched alkanes of at least 4 members (excludes halogenated alkanes) is 1. The zero-order valence-electron chi connectivity index (χ0n) is 11.8. The number of piperidine rings is 1. The van der Waals surface area contributed by atoms with Gasteiger partial charge in [0.15, 0.2) is 0 Å². The van der Waals surface area contributed by atoms with Gasteiger partial charge in [-0.25, -0.2) is 0 Å². The van der Waals surface area contributed by atoms with Crippen molar-refractivity contribution in [1.82, 2.24) is 15.5 Å². The van der Waals surface area contributed by atoms with E-state index in [0.29, 0.717) is 0 Å². The van der Waals surface area contributed by atoms with Crippen molar-refractivity contribution in [2.75, 3.05) is 45.8 Å². The lowest BCUT2D eigenvalue weighted by molar-refractivity contribution is 0.294. The predicted octanol–water partition coefficient (Wildman–Crippen LogP) is 1.70. The first-order valence-electron chi connectivity index (χ1n) is 7.50. The van der Waals surface area contributed by atoms with Gasteiger partial charge in [-0.2, -0.15) is 0 Å². The molecule has 17 heavy (non-hydrogen) atoms. The van der Waals surface area contributed by atoms with Crippen molar-refractivity contribution in [3.63, 3.8) is 0 Å². The highest BCUT2D eigenvalue weighted by molar-refractivity contribution is 4.70. The standard InChI is InChI=1S/C14H31N3/c1-3-17(4-2)11-6-5-9-15-12-14-8-7-10-16-13-14/h14-16H,3-13H2,1-2H3. The Hall–Kier alpha value is -0.120. The predicted molar refractivity (Wildman–Crippen MR) is 75.5 cm³/mol. The van der Waals surface area contributed by atoms with Crippen LogP contribution in [0, 0.1) is 5.92 Å². The first kappa shape index (κ1) is 14.9. The molecule has 3 heteroatoms. The molecule has 1 saturated heterocycles. The minimum Gasteiger partial charge on any atom is -0.316 e. The zero-order valence-corrected chi connectivity index (χ0v) is 11.8. The van der Waals surface area contributed by atoms with Crippen molar-refractivity contribution in [2.45, 2.75) is 39.5 Å².